The maximum absolute atomic E-state index is 5.94. The second-order valence-corrected chi connectivity index (χ2v) is 16.0. The van der Waals surface area contributed by atoms with Crippen molar-refractivity contribution in [3.8, 4) is 44.8 Å². The van der Waals surface area contributed by atoms with Gasteiger partial charge in [-0.2, -0.15) is 0 Å². The number of rotatable bonds is 9. The molecule has 11 aromatic rings. The zero-order valence-corrected chi connectivity index (χ0v) is 34.9. The highest BCUT2D eigenvalue weighted by Crippen LogP contribution is 2.44. The SMILES string of the molecule is C/C(=C\C=C/N)N(c1ccc(-c2ccccc2)cc1)c1ccccc1-c1cc(-c2cccc3c4ccccc4n(-c4ccccc4)c23)cc(-n2c3ccccc3c3ccccc32)c1. The molecular formula is C59H44N4. The maximum atomic E-state index is 5.94. The van der Waals surface area contributed by atoms with E-state index < -0.39 is 0 Å². The normalized spacial score (nSPS) is 12.0. The highest BCUT2D eigenvalue weighted by atomic mass is 15.1. The number of para-hydroxylation sites is 6. The number of allylic oxidation sites excluding steroid dienone is 3. The average Bonchev–Trinajstić information content (AvgIpc) is 3.87. The average molecular weight is 809 g/mol. The zero-order chi connectivity index (χ0) is 42.3. The van der Waals surface area contributed by atoms with Gasteiger partial charge < -0.3 is 19.8 Å². The minimum Gasteiger partial charge on any atom is -0.405 e. The molecular weight excluding hydrogens is 765 g/mol. The largest absolute Gasteiger partial charge is 0.405 e. The van der Waals surface area contributed by atoms with E-state index in [0.717, 1.165) is 50.7 Å². The van der Waals surface area contributed by atoms with Gasteiger partial charge >= 0.3 is 0 Å². The predicted octanol–water partition coefficient (Wildman–Crippen LogP) is 15.4. The Morgan fingerprint density at radius 1 is 0.429 bits per heavy atom. The third kappa shape index (κ3) is 6.57. The lowest BCUT2D eigenvalue weighted by Gasteiger charge is -2.29. The molecule has 2 heterocycles. The van der Waals surface area contributed by atoms with Crippen LogP contribution in [0.4, 0.5) is 11.4 Å². The van der Waals surface area contributed by atoms with Crippen LogP contribution in [0.25, 0.3) is 88.4 Å². The van der Waals surface area contributed by atoms with Gasteiger partial charge in [-0.1, -0.05) is 152 Å². The second kappa shape index (κ2) is 15.9. The van der Waals surface area contributed by atoms with Crippen molar-refractivity contribution in [2.24, 2.45) is 5.73 Å². The Bertz CT molecular complexity index is 3460. The Morgan fingerprint density at radius 3 is 1.60 bits per heavy atom. The molecule has 2 aromatic heterocycles. The van der Waals surface area contributed by atoms with Gasteiger partial charge in [-0.3, -0.25) is 0 Å². The molecule has 0 radical (unpaired) electrons. The summed E-state index contributed by atoms with van der Waals surface area (Å²) in [4.78, 5) is 2.34. The van der Waals surface area contributed by atoms with Gasteiger partial charge in [0.15, 0.2) is 0 Å². The summed E-state index contributed by atoms with van der Waals surface area (Å²) >= 11 is 0. The van der Waals surface area contributed by atoms with Crippen LogP contribution in [0.2, 0.25) is 0 Å². The van der Waals surface area contributed by atoms with Crippen LogP contribution in [-0.2, 0) is 0 Å². The van der Waals surface area contributed by atoms with Crippen LogP contribution in [-0.4, -0.2) is 9.13 Å². The van der Waals surface area contributed by atoms with Gasteiger partial charge in [0.1, 0.15) is 0 Å². The van der Waals surface area contributed by atoms with Crippen LogP contribution in [0.15, 0.2) is 242 Å². The summed E-state index contributed by atoms with van der Waals surface area (Å²) in [6.45, 7) is 2.14. The summed E-state index contributed by atoms with van der Waals surface area (Å²) in [6, 6.07) is 79.0. The molecule has 0 amide bonds. The molecule has 2 N–H and O–H groups in total. The van der Waals surface area contributed by atoms with E-state index in [1.807, 2.05) is 6.08 Å². The summed E-state index contributed by atoms with van der Waals surface area (Å²) in [7, 11) is 0. The molecule has 4 heteroatoms. The van der Waals surface area contributed by atoms with Gasteiger partial charge in [-0.25, -0.2) is 0 Å². The molecule has 0 atom stereocenters. The first-order valence-corrected chi connectivity index (χ1v) is 21.5. The van der Waals surface area contributed by atoms with E-state index in [1.54, 1.807) is 6.20 Å². The van der Waals surface area contributed by atoms with E-state index in [4.69, 9.17) is 5.73 Å². The van der Waals surface area contributed by atoms with E-state index in [0.29, 0.717) is 0 Å². The van der Waals surface area contributed by atoms with E-state index in [-0.39, 0.29) is 0 Å². The number of hydrogen-bond acceptors (Lipinski definition) is 2. The van der Waals surface area contributed by atoms with Crippen molar-refractivity contribution in [3.63, 3.8) is 0 Å². The topological polar surface area (TPSA) is 39.1 Å². The number of benzene rings is 9. The van der Waals surface area contributed by atoms with Gasteiger partial charge in [0, 0.05) is 55.4 Å². The van der Waals surface area contributed by atoms with E-state index in [2.05, 4.69) is 245 Å². The van der Waals surface area contributed by atoms with Crippen molar-refractivity contribution >= 4 is 55.0 Å². The minimum absolute atomic E-state index is 1.03. The number of nitrogens with two attached hydrogens (primary N) is 1. The molecule has 4 nitrogen and oxygen atoms in total. The van der Waals surface area contributed by atoms with Crippen LogP contribution in [0.5, 0.6) is 0 Å². The first-order chi connectivity index (χ1) is 31.2. The van der Waals surface area contributed by atoms with Crippen LogP contribution in [0.1, 0.15) is 6.92 Å². The Kier molecular flexibility index (Phi) is 9.52. The third-order valence-electron chi connectivity index (χ3n) is 12.3. The lowest BCUT2D eigenvalue weighted by atomic mass is 9.94. The van der Waals surface area contributed by atoms with Crippen molar-refractivity contribution in [2.45, 2.75) is 6.92 Å². The molecule has 11 rings (SSSR count). The molecule has 9 aromatic carbocycles. The molecule has 300 valence electrons. The quantitative estimate of drug-likeness (QED) is 0.148. The molecule has 0 aliphatic rings. The fourth-order valence-corrected chi connectivity index (χ4v) is 9.50. The number of fused-ring (bicyclic) bond motifs is 6. The van der Waals surface area contributed by atoms with Gasteiger partial charge in [0.25, 0.3) is 0 Å². The summed E-state index contributed by atoms with van der Waals surface area (Å²) in [5.74, 6) is 0. The Balaban J connectivity index is 1.19. The van der Waals surface area contributed by atoms with Crippen LogP contribution < -0.4 is 10.6 Å². The van der Waals surface area contributed by atoms with Gasteiger partial charge in [-0.05, 0) is 114 Å². The predicted molar refractivity (Wildman–Crippen MR) is 267 cm³/mol. The van der Waals surface area contributed by atoms with E-state index in [1.165, 1.54) is 54.7 Å². The van der Waals surface area contributed by atoms with Crippen LogP contribution in [0, 0.1) is 0 Å². The summed E-state index contributed by atoms with van der Waals surface area (Å²) < 4.78 is 4.87. The Labute approximate surface area is 367 Å². The van der Waals surface area contributed by atoms with Crippen molar-refractivity contribution < 1.29 is 0 Å². The molecule has 0 aliphatic carbocycles. The fourth-order valence-electron chi connectivity index (χ4n) is 9.50. The molecule has 0 spiro atoms. The minimum atomic E-state index is 1.03. The van der Waals surface area contributed by atoms with Crippen molar-refractivity contribution in [3.05, 3.63) is 242 Å². The molecule has 0 saturated carbocycles. The summed E-state index contributed by atoms with van der Waals surface area (Å²) in [6.07, 6.45) is 5.56. The molecule has 0 saturated heterocycles. The van der Waals surface area contributed by atoms with E-state index >= 15 is 0 Å². The molecule has 0 fully saturated rings. The second-order valence-electron chi connectivity index (χ2n) is 16.0. The van der Waals surface area contributed by atoms with Crippen molar-refractivity contribution in [1.29, 1.82) is 0 Å². The fraction of sp³-hybridized carbons (Fsp3) is 0.0169. The standard InChI is InChI=1S/C59H44N4/c1-41(18-17-37-60)61(47-35-33-43(34-36-47)42-19-4-2-5-20-42)55-29-12-8-23-49(55)44-38-45(40-48(39-44)62-56-30-13-9-24-51(56)52-25-10-14-31-57(52)62)50-27-16-28-54-53-26-11-15-32-58(53)63(59(50)54)46-21-6-3-7-22-46/h2-40H,60H2,1H3/b37-17-,41-18+. The Morgan fingerprint density at radius 2 is 0.937 bits per heavy atom. The lowest BCUT2D eigenvalue weighted by molar-refractivity contribution is 1.15. The highest BCUT2D eigenvalue weighted by molar-refractivity contribution is 6.14. The number of hydrogen-bond donors (Lipinski definition) is 1. The van der Waals surface area contributed by atoms with E-state index in [9.17, 15) is 0 Å². The summed E-state index contributed by atoms with van der Waals surface area (Å²) in [5.41, 5.74) is 22.8. The third-order valence-corrected chi connectivity index (χ3v) is 12.3. The smallest absolute Gasteiger partial charge is 0.0619 e. The zero-order valence-electron chi connectivity index (χ0n) is 34.9. The Hall–Kier alpha value is -8.34. The first-order valence-electron chi connectivity index (χ1n) is 21.5. The van der Waals surface area contributed by atoms with Gasteiger partial charge in [0.05, 0.1) is 27.8 Å². The van der Waals surface area contributed by atoms with Crippen LogP contribution in [0.3, 0.4) is 0 Å². The van der Waals surface area contributed by atoms with Gasteiger partial charge in [0.2, 0.25) is 0 Å². The number of aromatic nitrogens is 2. The van der Waals surface area contributed by atoms with Crippen LogP contribution >= 0.6 is 0 Å². The first kappa shape index (κ1) is 37.6. The molecule has 0 aliphatic heterocycles. The highest BCUT2D eigenvalue weighted by Gasteiger charge is 2.22. The van der Waals surface area contributed by atoms with Crippen molar-refractivity contribution in [1.82, 2.24) is 9.13 Å². The number of nitrogens with zero attached hydrogens (tertiary/aromatic N) is 3. The van der Waals surface area contributed by atoms with Gasteiger partial charge in [-0.15, -0.1) is 0 Å². The number of anilines is 2. The molecule has 0 unspecified atom stereocenters. The molecule has 0 bridgehead atoms. The van der Waals surface area contributed by atoms with Crippen molar-refractivity contribution in [2.75, 3.05) is 4.90 Å². The summed E-state index contributed by atoms with van der Waals surface area (Å²) in [5, 5.41) is 4.90. The lowest BCUT2D eigenvalue weighted by Crippen LogP contribution is -2.15. The maximum Gasteiger partial charge on any atom is 0.0619 e. The monoisotopic (exact) mass is 808 g/mol. The molecule has 63 heavy (non-hydrogen) atoms.